The van der Waals surface area contributed by atoms with E-state index in [0.29, 0.717) is 6.61 Å². The van der Waals surface area contributed by atoms with E-state index < -0.39 is 28.1 Å². The number of rotatable bonds is 19. The third-order valence-corrected chi connectivity index (χ3v) is 5.21. The van der Waals surface area contributed by atoms with Crippen molar-refractivity contribution in [2.45, 2.75) is 83.3 Å². The van der Waals surface area contributed by atoms with Crippen molar-refractivity contribution in [2.24, 2.45) is 0 Å². The summed E-state index contributed by atoms with van der Waals surface area (Å²) in [5.41, 5.74) is 0. The van der Waals surface area contributed by atoms with Crippen LogP contribution < -0.4 is 29.6 Å². The van der Waals surface area contributed by atoms with Gasteiger partial charge in [-0.1, -0.05) is 64.7 Å². The van der Waals surface area contributed by atoms with Gasteiger partial charge in [-0.05, 0) is 13.5 Å². The molecule has 0 aliphatic carbocycles. The fourth-order valence-electron chi connectivity index (χ4n) is 3.05. The van der Waals surface area contributed by atoms with Crippen LogP contribution >= 0.6 is 0 Å². The summed E-state index contributed by atoms with van der Waals surface area (Å²) >= 11 is 0. The fourth-order valence-corrected chi connectivity index (χ4v) is 3.65. The van der Waals surface area contributed by atoms with Crippen LogP contribution in [0.15, 0.2) is 0 Å². The van der Waals surface area contributed by atoms with Crippen LogP contribution in [0, 0.1) is 0 Å². The quantitative estimate of drug-likeness (QED) is 0.144. The Hall–Kier alpha value is 0.750. The molecule has 2 unspecified atom stereocenters. The van der Waals surface area contributed by atoms with E-state index in [4.69, 9.17) is 9.29 Å². The van der Waals surface area contributed by atoms with E-state index in [1.54, 1.807) is 11.9 Å². The minimum atomic E-state index is -4.20. The molecule has 0 aromatic heterocycles. The molecular formula is C19H42NNaO6S. The molecule has 0 aliphatic rings. The molecule has 0 rings (SSSR count). The summed E-state index contributed by atoms with van der Waals surface area (Å²) in [7, 11) is -2.53. The van der Waals surface area contributed by atoms with Crippen LogP contribution in [0.4, 0.5) is 0 Å². The van der Waals surface area contributed by atoms with Gasteiger partial charge in [0.05, 0.1) is 18.8 Å². The Balaban J connectivity index is -0.00000338. The van der Waals surface area contributed by atoms with Crippen molar-refractivity contribution < 1.29 is 58.9 Å². The van der Waals surface area contributed by atoms with Crippen molar-refractivity contribution >= 4 is 10.1 Å². The Morgan fingerprint density at radius 3 is 1.86 bits per heavy atom. The van der Waals surface area contributed by atoms with E-state index >= 15 is 0 Å². The zero-order chi connectivity index (χ0) is 20.5. The monoisotopic (exact) mass is 435 g/mol. The molecular weight excluding hydrogens is 393 g/mol. The number of nitrogens with zero attached hydrogens (tertiary/aromatic N) is 1. The van der Waals surface area contributed by atoms with Gasteiger partial charge in [0.25, 0.3) is 10.1 Å². The van der Waals surface area contributed by atoms with Gasteiger partial charge in [0.1, 0.15) is 5.75 Å². The maximum absolute atomic E-state index is 10.7. The van der Waals surface area contributed by atoms with Gasteiger partial charge in [0, 0.05) is 19.7 Å². The fraction of sp³-hybridized carbons (Fsp3) is 1.00. The molecule has 2 atom stereocenters. The van der Waals surface area contributed by atoms with Gasteiger partial charge < -0.3 is 21.3 Å². The third-order valence-electron chi connectivity index (χ3n) is 4.40. The number of aliphatic hydroxyl groups is 2. The number of unbranched alkanes of at least 4 members (excludes halogenated alkanes) is 9. The first-order valence-corrected chi connectivity index (χ1v) is 11.9. The van der Waals surface area contributed by atoms with Crippen LogP contribution in [-0.4, -0.2) is 79.4 Å². The predicted octanol–water partition coefficient (Wildman–Crippen LogP) is -0.418. The Kier molecular flexibility index (Phi) is 21.8. The van der Waals surface area contributed by atoms with Crippen molar-refractivity contribution in [2.75, 3.05) is 39.1 Å². The normalized spacial score (nSPS) is 14.1. The van der Waals surface area contributed by atoms with Gasteiger partial charge in [0.2, 0.25) is 0 Å². The van der Waals surface area contributed by atoms with Crippen LogP contribution in [0.2, 0.25) is 0 Å². The van der Waals surface area contributed by atoms with Crippen LogP contribution in [0.25, 0.3) is 0 Å². The predicted molar refractivity (Wildman–Crippen MR) is 110 cm³/mol. The largest absolute Gasteiger partial charge is 1.00 e. The minimum absolute atomic E-state index is 0. The van der Waals surface area contributed by atoms with E-state index in [1.165, 1.54) is 51.4 Å². The average molecular weight is 436 g/mol. The van der Waals surface area contributed by atoms with E-state index in [1.807, 2.05) is 0 Å². The van der Waals surface area contributed by atoms with Crippen molar-refractivity contribution in [3.05, 3.63) is 0 Å². The van der Waals surface area contributed by atoms with Crippen molar-refractivity contribution in [1.82, 2.24) is 4.90 Å². The topological polar surface area (TPSA) is 107 Å². The first kappa shape index (κ1) is 30.9. The smallest absolute Gasteiger partial charge is 1.00 e. The molecule has 0 amide bonds. The maximum Gasteiger partial charge on any atom is 1.00 e. The summed E-state index contributed by atoms with van der Waals surface area (Å²) in [5.74, 6) is -0.706. The van der Waals surface area contributed by atoms with Gasteiger partial charge in [-0.15, -0.1) is 0 Å². The first-order valence-electron chi connectivity index (χ1n) is 10.3. The first-order chi connectivity index (χ1) is 12.7. The number of aliphatic hydroxyl groups excluding tert-OH is 2. The molecule has 0 bridgehead atoms. The number of hydrogen-bond acceptors (Lipinski definition) is 6. The molecule has 0 spiro atoms. The van der Waals surface area contributed by atoms with Gasteiger partial charge in [-0.25, -0.2) is 0 Å². The summed E-state index contributed by atoms with van der Waals surface area (Å²) in [6.07, 6.45) is 10.8. The second kappa shape index (κ2) is 19.7. The second-order valence-corrected chi connectivity index (χ2v) is 9.03. The molecule has 0 aromatic carbocycles. The summed E-state index contributed by atoms with van der Waals surface area (Å²) in [4.78, 5) is 1.62. The molecule has 28 heavy (non-hydrogen) atoms. The minimum Gasteiger partial charge on any atom is -1.00 e. The Bertz CT molecular complexity index is 444. The summed E-state index contributed by atoms with van der Waals surface area (Å²) in [6, 6.07) is 0. The summed E-state index contributed by atoms with van der Waals surface area (Å²) < 4.78 is 35.5. The third kappa shape index (κ3) is 23.0. The van der Waals surface area contributed by atoms with Crippen molar-refractivity contribution in [3.8, 4) is 0 Å². The van der Waals surface area contributed by atoms with Gasteiger partial charge in [-0.3, -0.25) is 4.55 Å². The van der Waals surface area contributed by atoms with Gasteiger partial charge in [0.15, 0.2) is 0 Å². The number of ether oxygens (including phenoxy) is 1. The zero-order valence-electron chi connectivity index (χ0n) is 19.2. The molecule has 0 saturated heterocycles. The van der Waals surface area contributed by atoms with E-state index in [9.17, 15) is 18.6 Å². The van der Waals surface area contributed by atoms with E-state index in [0.717, 1.165) is 12.8 Å². The molecule has 0 saturated carbocycles. The van der Waals surface area contributed by atoms with Crippen molar-refractivity contribution in [1.29, 1.82) is 0 Å². The molecule has 7 nitrogen and oxygen atoms in total. The molecule has 3 N–H and O–H groups in total. The SMILES string of the molecule is CCCCCCCCCCCCOCC(O)CN(C)CC(O)CS(=O)(=O)O.[H-].[Na+]. The molecule has 0 heterocycles. The Labute approximate surface area is 195 Å². The standard InChI is InChI=1S/C19H41NO6S.Na.H/c1-3-4-5-6-7-8-9-10-11-12-13-26-16-18(21)14-20(2)15-19(22)17-27(23,24)25;;/h18-19,21-22H,3-17H2,1-2H3,(H,23,24,25);;/q;+1;-1. The Morgan fingerprint density at radius 1 is 0.893 bits per heavy atom. The van der Waals surface area contributed by atoms with Crippen molar-refractivity contribution in [3.63, 3.8) is 0 Å². The molecule has 0 aromatic rings. The van der Waals surface area contributed by atoms with Crippen LogP contribution in [0.1, 0.15) is 72.6 Å². The molecule has 9 heteroatoms. The van der Waals surface area contributed by atoms with E-state index in [2.05, 4.69) is 6.92 Å². The molecule has 0 radical (unpaired) electrons. The molecule has 0 aliphatic heterocycles. The van der Waals surface area contributed by atoms with Gasteiger partial charge >= 0.3 is 29.6 Å². The number of likely N-dealkylation sites (N-methyl/N-ethyl adjacent to an activating group) is 1. The van der Waals surface area contributed by atoms with Crippen LogP contribution in [0.3, 0.4) is 0 Å². The van der Waals surface area contributed by atoms with E-state index in [-0.39, 0.29) is 50.7 Å². The Morgan fingerprint density at radius 2 is 1.36 bits per heavy atom. The second-order valence-electron chi connectivity index (χ2n) is 7.53. The number of hydrogen-bond donors (Lipinski definition) is 3. The van der Waals surface area contributed by atoms with Crippen LogP contribution in [-0.2, 0) is 14.9 Å². The summed E-state index contributed by atoms with van der Waals surface area (Å²) in [6.45, 7) is 3.40. The zero-order valence-corrected chi connectivity index (χ0v) is 21.0. The average Bonchev–Trinajstić information content (AvgIpc) is 2.53. The van der Waals surface area contributed by atoms with Gasteiger partial charge in [-0.2, -0.15) is 8.42 Å². The maximum atomic E-state index is 10.7. The molecule has 0 fully saturated rings. The summed E-state index contributed by atoms with van der Waals surface area (Å²) in [5, 5.41) is 19.5. The molecule has 166 valence electrons. The van der Waals surface area contributed by atoms with Crippen LogP contribution in [0.5, 0.6) is 0 Å².